The third kappa shape index (κ3) is 6.25. The minimum atomic E-state index is -1.09. The van der Waals surface area contributed by atoms with Gasteiger partial charge in [-0.25, -0.2) is 4.39 Å². The van der Waals surface area contributed by atoms with Gasteiger partial charge in [0.15, 0.2) is 27.4 Å². The van der Waals surface area contributed by atoms with Crippen molar-refractivity contribution in [3.63, 3.8) is 0 Å². The van der Waals surface area contributed by atoms with Crippen molar-refractivity contribution in [3.8, 4) is 17.2 Å². The molecule has 0 saturated carbocycles. The van der Waals surface area contributed by atoms with Crippen LogP contribution in [0.5, 0.6) is 17.2 Å². The number of aliphatic hydroxyl groups excluding tert-OH is 1. The number of thioether (sulfide) groups is 1. The van der Waals surface area contributed by atoms with Crippen LogP contribution in [0.15, 0.2) is 88.5 Å². The molecule has 1 amide bonds. The summed E-state index contributed by atoms with van der Waals surface area (Å²) in [6.07, 6.45) is 2.92. The van der Waals surface area contributed by atoms with Gasteiger partial charge in [0.2, 0.25) is 10.9 Å². The molecule has 9 nitrogen and oxygen atoms in total. The SMILES string of the molecule is COc1cc(C2C(C(=O)/C=C/c3ccccc3)=C(O)C(=O)N2c2nnc(SCc3ccc(F)cc3)s2)cc(OC)c1OC. The fourth-order valence-corrected chi connectivity index (χ4v) is 6.36. The summed E-state index contributed by atoms with van der Waals surface area (Å²) < 4.78 is 30.3. The Balaban J connectivity index is 1.54. The molecule has 1 aliphatic rings. The predicted octanol–water partition coefficient (Wildman–Crippen LogP) is 6.18. The average molecular weight is 620 g/mol. The number of anilines is 1. The predicted molar refractivity (Wildman–Crippen MR) is 162 cm³/mol. The molecule has 1 N–H and O–H groups in total. The number of ether oxygens (including phenoxy) is 3. The number of carbonyl (C=O) groups excluding carboxylic acids is 2. The summed E-state index contributed by atoms with van der Waals surface area (Å²) in [5.74, 6) is -0.967. The number of ketones is 1. The normalized spacial score (nSPS) is 14.9. The molecule has 12 heteroatoms. The van der Waals surface area contributed by atoms with Gasteiger partial charge >= 0.3 is 0 Å². The summed E-state index contributed by atoms with van der Waals surface area (Å²) in [6.45, 7) is 0. The van der Waals surface area contributed by atoms with E-state index in [0.717, 1.165) is 22.5 Å². The van der Waals surface area contributed by atoms with Gasteiger partial charge < -0.3 is 19.3 Å². The van der Waals surface area contributed by atoms with E-state index in [1.807, 2.05) is 30.3 Å². The van der Waals surface area contributed by atoms with Gasteiger partial charge in [-0.15, -0.1) is 10.2 Å². The molecule has 43 heavy (non-hydrogen) atoms. The Bertz CT molecular complexity index is 1680. The monoisotopic (exact) mass is 619 g/mol. The first-order chi connectivity index (χ1) is 20.8. The number of nitrogens with zero attached hydrogens (tertiary/aromatic N) is 3. The van der Waals surface area contributed by atoms with E-state index in [-0.39, 0.29) is 16.5 Å². The second-order valence-corrected chi connectivity index (χ2v) is 11.4. The number of hydrogen-bond acceptors (Lipinski definition) is 10. The van der Waals surface area contributed by atoms with E-state index in [0.29, 0.717) is 32.9 Å². The molecule has 1 aliphatic heterocycles. The minimum absolute atomic E-state index is 0.137. The van der Waals surface area contributed by atoms with Gasteiger partial charge in [-0.2, -0.15) is 0 Å². The molecule has 1 unspecified atom stereocenters. The first kappa shape index (κ1) is 29.8. The second kappa shape index (κ2) is 13.1. The number of aromatic nitrogens is 2. The number of amides is 1. The highest BCUT2D eigenvalue weighted by atomic mass is 32.2. The highest BCUT2D eigenvalue weighted by Crippen LogP contribution is 2.47. The van der Waals surface area contributed by atoms with Gasteiger partial charge in [0.05, 0.1) is 32.9 Å². The van der Waals surface area contributed by atoms with E-state index in [1.165, 1.54) is 56.2 Å². The van der Waals surface area contributed by atoms with Gasteiger partial charge in [-0.05, 0) is 47.0 Å². The van der Waals surface area contributed by atoms with Gasteiger partial charge in [0.1, 0.15) is 5.82 Å². The summed E-state index contributed by atoms with van der Waals surface area (Å²) >= 11 is 2.49. The Labute approximate surface area is 255 Å². The molecule has 0 fully saturated rings. The standard InChI is InChI=1S/C31H26FN3O6S2/c1-39-23-15-20(16-24(40-2)28(23)41-3)26-25(22(36)14-11-18-7-5-4-6-8-18)27(37)29(38)35(26)30-33-34-31(43-30)42-17-19-9-12-21(32)13-10-19/h4-16,26,37H,17H2,1-3H3/b14-11+. The van der Waals surface area contributed by atoms with Crippen LogP contribution in [0.3, 0.4) is 0 Å². The van der Waals surface area contributed by atoms with Crippen LogP contribution >= 0.6 is 23.1 Å². The van der Waals surface area contributed by atoms with Gasteiger partial charge in [-0.3, -0.25) is 14.5 Å². The van der Waals surface area contributed by atoms with E-state index in [1.54, 1.807) is 30.3 Å². The Kier molecular flexibility index (Phi) is 9.07. The van der Waals surface area contributed by atoms with Crippen LogP contribution < -0.4 is 19.1 Å². The summed E-state index contributed by atoms with van der Waals surface area (Å²) in [6, 6.07) is 17.4. The lowest BCUT2D eigenvalue weighted by Crippen LogP contribution is -2.31. The van der Waals surface area contributed by atoms with E-state index in [9.17, 15) is 19.1 Å². The molecule has 1 aromatic heterocycles. The van der Waals surface area contributed by atoms with Crippen LogP contribution in [0.1, 0.15) is 22.7 Å². The van der Waals surface area contributed by atoms with E-state index in [2.05, 4.69) is 10.2 Å². The number of rotatable bonds is 11. The highest BCUT2D eigenvalue weighted by Gasteiger charge is 2.46. The number of halogens is 1. The van der Waals surface area contributed by atoms with Crippen LogP contribution in [-0.4, -0.2) is 48.3 Å². The quantitative estimate of drug-likeness (QED) is 0.120. The van der Waals surface area contributed by atoms with Crippen molar-refractivity contribution < 1.29 is 33.3 Å². The zero-order chi connectivity index (χ0) is 30.5. The van der Waals surface area contributed by atoms with Crippen molar-refractivity contribution in [1.29, 1.82) is 0 Å². The molecule has 2 heterocycles. The fraction of sp³-hybridized carbons (Fsp3) is 0.161. The van der Waals surface area contributed by atoms with Gasteiger partial charge in [0.25, 0.3) is 5.91 Å². The first-order valence-electron chi connectivity index (χ1n) is 12.9. The summed E-state index contributed by atoms with van der Waals surface area (Å²) in [5.41, 5.74) is 1.93. The number of aliphatic hydroxyl groups is 1. The fourth-order valence-electron chi connectivity index (χ4n) is 4.54. The molecule has 3 aromatic carbocycles. The van der Waals surface area contributed by atoms with Crippen LogP contribution in [0.2, 0.25) is 0 Å². The van der Waals surface area contributed by atoms with Crippen molar-refractivity contribution in [2.24, 2.45) is 0 Å². The van der Waals surface area contributed by atoms with Gasteiger partial charge in [0, 0.05) is 5.75 Å². The maximum absolute atomic E-state index is 13.6. The molecule has 0 radical (unpaired) electrons. The van der Waals surface area contributed by atoms with Crippen LogP contribution in [0.4, 0.5) is 9.52 Å². The third-order valence-corrected chi connectivity index (χ3v) is 8.71. The Morgan fingerprint density at radius 2 is 1.70 bits per heavy atom. The molecule has 5 rings (SSSR count). The van der Waals surface area contributed by atoms with Crippen molar-refractivity contribution in [2.45, 2.75) is 16.1 Å². The molecule has 0 bridgehead atoms. The van der Waals surface area contributed by atoms with E-state index >= 15 is 0 Å². The second-order valence-electron chi connectivity index (χ2n) is 9.17. The Morgan fingerprint density at radius 1 is 1.02 bits per heavy atom. The van der Waals surface area contributed by atoms with Crippen LogP contribution in [0, 0.1) is 5.82 Å². The zero-order valence-electron chi connectivity index (χ0n) is 23.3. The summed E-state index contributed by atoms with van der Waals surface area (Å²) in [7, 11) is 4.37. The Hall–Kier alpha value is -4.68. The summed E-state index contributed by atoms with van der Waals surface area (Å²) in [4.78, 5) is 28.4. The maximum atomic E-state index is 13.6. The molecule has 1 atom stereocenters. The summed E-state index contributed by atoms with van der Waals surface area (Å²) in [5, 5.41) is 19.7. The van der Waals surface area contributed by atoms with Crippen molar-refractivity contribution >= 4 is 46.0 Å². The Morgan fingerprint density at radius 3 is 2.33 bits per heavy atom. The molecule has 0 spiro atoms. The lowest BCUT2D eigenvalue weighted by atomic mass is 9.95. The molecular weight excluding hydrogens is 593 g/mol. The molecule has 4 aromatic rings. The topological polar surface area (TPSA) is 111 Å². The smallest absolute Gasteiger partial charge is 0.296 e. The minimum Gasteiger partial charge on any atom is -0.503 e. The number of methoxy groups -OCH3 is 3. The van der Waals surface area contributed by atoms with Crippen molar-refractivity contribution in [1.82, 2.24) is 10.2 Å². The van der Waals surface area contributed by atoms with E-state index in [4.69, 9.17) is 14.2 Å². The lowest BCUT2D eigenvalue weighted by Gasteiger charge is -2.25. The van der Waals surface area contributed by atoms with Crippen molar-refractivity contribution in [2.75, 3.05) is 26.2 Å². The average Bonchev–Trinajstić information content (AvgIpc) is 3.60. The highest BCUT2D eigenvalue weighted by molar-refractivity contribution is 8.00. The zero-order valence-corrected chi connectivity index (χ0v) is 24.9. The largest absolute Gasteiger partial charge is 0.503 e. The van der Waals surface area contributed by atoms with Crippen molar-refractivity contribution in [3.05, 3.63) is 107 Å². The van der Waals surface area contributed by atoms with Crippen LogP contribution in [-0.2, 0) is 15.3 Å². The first-order valence-corrected chi connectivity index (χ1v) is 14.7. The maximum Gasteiger partial charge on any atom is 0.296 e. The van der Waals surface area contributed by atoms with Gasteiger partial charge in [-0.1, -0.05) is 71.6 Å². The lowest BCUT2D eigenvalue weighted by molar-refractivity contribution is -0.117. The molecular formula is C31H26FN3O6S2. The number of benzene rings is 3. The molecule has 220 valence electrons. The van der Waals surface area contributed by atoms with E-state index < -0.39 is 23.5 Å². The molecule has 0 aliphatic carbocycles. The number of hydrogen-bond donors (Lipinski definition) is 1. The number of allylic oxidation sites excluding steroid dienone is 1. The molecule has 0 saturated heterocycles. The third-order valence-electron chi connectivity index (χ3n) is 6.58. The van der Waals surface area contributed by atoms with Crippen LogP contribution in [0.25, 0.3) is 6.08 Å². The number of carbonyl (C=O) groups is 2.